The Morgan fingerprint density at radius 1 is 1.37 bits per heavy atom. The van der Waals surface area contributed by atoms with E-state index in [0.717, 1.165) is 16.6 Å². The number of aromatic nitrogens is 5. The third kappa shape index (κ3) is 3.13. The monoisotopic (exact) mass is 404 g/mol. The lowest BCUT2D eigenvalue weighted by molar-refractivity contribution is 0.0871. The maximum absolute atomic E-state index is 12.8. The average molecular weight is 404 g/mol. The lowest BCUT2D eigenvalue weighted by atomic mass is 10.1. The minimum atomic E-state index is -0.734. The van der Waals surface area contributed by atoms with Crippen LogP contribution in [0.1, 0.15) is 48.5 Å². The predicted octanol–water partition coefficient (Wildman–Crippen LogP) is 2.89. The summed E-state index contributed by atoms with van der Waals surface area (Å²) in [5.74, 6) is 0.333. The number of hydrogen-bond acceptors (Lipinski definition) is 5. The normalized spacial score (nSPS) is 14.5. The Balaban J connectivity index is 1.60. The number of carbonyl (C=O) groups is 1. The Bertz CT molecular complexity index is 1280. The van der Waals surface area contributed by atoms with E-state index in [1.54, 1.807) is 26.2 Å². The predicted molar refractivity (Wildman–Crippen MR) is 114 cm³/mol. The van der Waals surface area contributed by atoms with Gasteiger partial charge in [-0.25, -0.2) is 9.97 Å². The highest BCUT2D eigenvalue weighted by molar-refractivity contribution is 6.05. The van der Waals surface area contributed by atoms with Crippen molar-refractivity contribution in [3.05, 3.63) is 41.7 Å². The fourth-order valence-electron chi connectivity index (χ4n) is 3.74. The summed E-state index contributed by atoms with van der Waals surface area (Å²) in [6, 6.07) is 6.49. The van der Waals surface area contributed by atoms with Gasteiger partial charge in [0.2, 0.25) is 0 Å². The molecule has 30 heavy (non-hydrogen) atoms. The van der Waals surface area contributed by atoms with E-state index in [-0.39, 0.29) is 12.5 Å². The lowest BCUT2D eigenvalue weighted by Gasteiger charge is -2.23. The molecule has 3 heterocycles. The number of carbonyl (C=O) groups excluding carboxylic acids is 1. The molecule has 0 spiro atoms. The molecule has 1 aliphatic rings. The molecule has 0 aliphatic heterocycles. The van der Waals surface area contributed by atoms with Crippen LogP contribution in [0.2, 0.25) is 0 Å². The Kier molecular flexibility index (Phi) is 4.14. The van der Waals surface area contributed by atoms with Gasteiger partial charge in [0.05, 0.1) is 29.4 Å². The van der Waals surface area contributed by atoms with Crippen molar-refractivity contribution in [2.75, 3.05) is 6.61 Å². The Morgan fingerprint density at radius 2 is 2.17 bits per heavy atom. The number of aliphatic hydroxyl groups is 1. The first-order valence-electron chi connectivity index (χ1n) is 10.1. The molecule has 0 radical (unpaired) electrons. The molecular formula is C22H24N6O2. The molecule has 0 unspecified atom stereocenters. The third-order valence-electron chi connectivity index (χ3n) is 5.64. The number of aliphatic hydroxyl groups excluding tert-OH is 1. The van der Waals surface area contributed by atoms with Gasteiger partial charge in [-0.1, -0.05) is 6.07 Å². The van der Waals surface area contributed by atoms with E-state index in [1.807, 2.05) is 11.7 Å². The summed E-state index contributed by atoms with van der Waals surface area (Å²) in [4.78, 5) is 25.0. The van der Waals surface area contributed by atoms with E-state index < -0.39 is 5.54 Å². The summed E-state index contributed by atoms with van der Waals surface area (Å²) in [5.41, 5.74) is 4.41. The van der Waals surface area contributed by atoms with E-state index in [1.165, 1.54) is 18.4 Å². The fraction of sp³-hybridized carbons (Fsp3) is 0.364. The molecule has 5 rings (SSSR count). The summed E-state index contributed by atoms with van der Waals surface area (Å²) in [5, 5.41) is 18.0. The van der Waals surface area contributed by atoms with Gasteiger partial charge in [-0.05, 0) is 50.3 Å². The second-order valence-electron chi connectivity index (χ2n) is 8.67. The topological polar surface area (TPSA) is 109 Å². The van der Waals surface area contributed by atoms with Crippen LogP contribution < -0.4 is 5.32 Å². The second-order valence-corrected chi connectivity index (χ2v) is 8.67. The molecule has 0 bridgehead atoms. The highest BCUT2D eigenvalue weighted by Crippen LogP contribution is 2.41. The number of aryl methyl sites for hydroxylation is 1. The minimum absolute atomic E-state index is 0.165. The van der Waals surface area contributed by atoms with Crippen LogP contribution in [-0.4, -0.2) is 47.9 Å². The quantitative estimate of drug-likeness (QED) is 0.474. The van der Waals surface area contributed by atoms with Crippen LogP contribution in [0.3, 0.4) is 0 Å². The maximum atomic E-state index is 12.8. The highest BCUT2D eigenvalue weighted by atomic mass is 16.3. The molecule has 3 aromatic heterocycles. The Morgan fingerprint density at radius 3 is 2.90 bits per heavy atom. The molecular weight excluding hydrogens is 380 g/mol. The number of nitrogens with zero attached hydrogens (tertiary/aromatic N) is 4. The van der Waals surface area contributed by atoms with Crippen molar-refractivity contribution in [2.45, 2.75) is 38.1 Å². The average Bonchev–Trinajstić information content (AvgIpc) is 3.41. The van der Waals surface area contributed by atoms with Gasteiger partial charge in [0, 0.05) is 18.6 Å². The van der Waals surface area contributed by atoms with Gasteiger partial charge in [-0.15, -0.1) is 0 Å². The minimum Gasteiger partial charge on any atom is -0.394 e. The number of fused-ring (bicyclic) bond motifs is 2. The maximum Gasteiger partial charge on any atom is 0.255 e. The summed E-state index contributed by atoms with van der Waals surface area (Å²) in [6.45, 7) is 3.35. The van der Waals surface area contributed by atoms with E-state index >= 15 is 0 Å². The number of hydrogen-bond donors (Lipinski definition) is 3. The highest BCUT2D eigenvalue weighted by Gasteiger charge is 2.26. The molecule has 4 aromatic rings. The SMILES string of the molecule is Cn1nc(-c2cnc3[nH]cc(C(=O)NC(C)(C)CO)c3n2)c2cc(C3CC3)ccc21. The summed E-state index contributed by atoms with van der Waals surface area (Å²) in [6.07, 6.45) is 5.75. The van der Waals surface area contributed by atoms with E-state index in [4.69, 9.17) is 4.98 Å². The first kappa shape index (κ1) is 18.7. The summed E-state index contributed by atoms with van der Waals surface area (Å²) in [7, 11) is 1.92. The van der Waals surface area contributed by atoms with Crippen molar-refractivity contribution >= 4 is 28.0 Å². The third-order valence-corrected chi connectivity index (χ3v) is 5.64. The summed E-state index contributed by atoms with van der Waals surface area (Å²) < 4.78 is 1.85. The number of rotatable bonds is 5. The fourth-order valence-corrected chi connectivity index (χ4v) is 3.74. The van der Waals surface area contributed by atoms with Crippen LogP contribution in [-0.2, 0) is 7.05 Å². The molecule has 154 valence electrons. The molecule has 8 nitrogen and oxygen atoms in total. The standard InChI is InChI=1S/C22H24N6O2/c1-22(2,11-29)26-21(30)15-9-23-20-19(15)25-16(10-24-20)18-14-8-13(12-4-5-12)6-7-17(14)28(3)27-18/h6-10,12,29H,4-5,11H2,1-3H3,(H,23,24)(H,26,30). The van der Waals surface area contributed by atoms with Gasteiger partial charge in [0.15, 0.2) is 5.65 Å². The molecule has 0 saturated heterocycles. The van der Waals surface area contributed by atoms with Crippen molar-refractivity contribution in [3.8, 4) is 11.4 Å². The molecule has 1 aliphatic carbocycles. The van der Waals surface area contributed by atoms with Crippen LogP contribution in [0.15, 0.2) is 30.6 Å². The number of amides is 1. The van der Waals surface area contributed by atoms with Crippen LogP contribution >= 0.6 is 0 Å². The van der Waals surface area contributed by atoms with Gasteiger partial charge >= 0.3 is 0 Å². The first-order valence-corrected chi connectivity index (χ1v) is 10.1. The molecule has 0 atom stereocenters. The zero-order valence-corrected chi connectivity index (χ0v) is 17.2. The first-order chi connectivity index (χ1) is 14.4. The lowest BCUT2D eigenvalue weighted by Crippen LogP contribution is -2.46. The van der Waals surface area contributed by atoms with Crippen LogP contribution in [0, 0.1) is 0 Å². The molecule has 1 saturated carbocycles. The van der Waals surface area contributed by atoms with Gasteiger partial charge in [-0.2, -0.15) is 5.10 Å². The number of aromatic amines is 1. The van der Waals surface area contributed by atoms with Gasteiger partial charge in [0.1, 0.15) is 16.9 Å². The molecule has 3 N–H and O–H groups in total. The molecule has 1 amide bonds. The second kappa shape index (κ2) is 6.63. The van der Waals surface area contributed by atoms with E-state index in [2.05, 4.69) is 38.6 Å². The number of nitrogens with one attached hydrogen (secondary N) is 2. The van der Waals surface area contributed by atoms with Gasteiger partial charge in [0.25, 0.3) is 5.91 Å². The van der Waals surface area contributed by atoms with Gasteiger partial charge in [-0.3, -0.25) is 9.48 Å². The largest absolute Gasteiger partial charge is 0.394 e. The van der Waals surface area contributed by atoms with Crippen molar-refractivity contribution in [2.24, 2.45) is 7.05 Å². The van der Waals surface area contributed by atoms with Crippen LogP contribution in [0.4, 0.5) is 0 Å². The van der Waals surface area contributed by atoms with Gasteiger partial charge < -0.3 is 15.4 Å². The zero-order valence-electron chi connectivity index (χ0n) is 17.2. The Labute approximate surface area is 173 Å². The molecule has 1 aromatic carbocycles. The van der Waals surface area contributed by atoms with Crippen LogP contribution in [0.5, 0.6) is 0 Å². The smallest absolute Gasteiger partial charge is 0.255 e. The molecule has 8 heteroatoms. The zero-order chi connectivity index (χ0) is 21.0. The number of benzene rings is 1. The molecule has 1 fully saturated rings. The van der Waals surface area contributed by atoms with Crippen molar-refractivity contribution in [1.82, 2.24) is 30.0 Å². The Hall–Kier alpha value is -3.26. The van der Waals surface area contributed by atoms with E-state index in [9.17, 15) is 9.90 Å². The van der Waals surface area contributed by atoms with Crippen molar-refractivity contribution in [1.29, 1.82) is 0 Å². The van der Waals surface area contributed by atoms with Crippen LogP contribution in [0.25, 0.3) is 33.5 Å². The summed E-state index contributed by atoms with van der Waals surface area (Å²) >= 11 is 0. The van der Waals surface area contributed by atoms with Crippen molar-refractivity contribution in [3.63, 3.8) is 0 Å². The van der Waals surface area contributed by atoms with E-state index in [0.29, 0.717) is 28.3 Å². The van der Waals surface area contributed by atoms with Crippen molar-refractivity contribution < 1.29 is 9.90 Å². The number of H-pyrrole nitrogens is 1.